The third-order valence-corrected chi connectivity index (χ3v) is 5.16. The highest BCUT2D eigenvalue weighted by Gasteiger charge is 2.15. The fraction of sp³-hybridized carbons (Fsp3) is 0.190. The lowest BCUT2D eigenvalue weighted by Gasteiger charge is -2.13. The second-order valence-electron chi connectivity index (χ2n) is 6.55. The Bertz CT molecular complexity index is 1070. The minimum atomic E-state index is -0.753. The van der Waals surface area contributed by atoms with Crippen molar-refractivity contribution in [2.45, 2.75) is 17.7 Å². The van der Waals surface area contributed by atoms with E-state index in [0.29, 0.717) is 10.6 Å². The predicted molar refractivity (Wildman–Crippen MR) is 110 cm³/mol. The number of carbonyl (C=O) groups is 2. The molecule has 0 unspecified atom stereocenters. The number of aromatic nitrogens is 1. The van der Waals surface area contributed by atoms with Gasteiger partial charge in [0.15, 0.2) is 11.7 Å². The molecule has 156 valence electrons. The van der Waals surface area contributed by atoms with E-state index in [1.807, 2.05) is 0 Å². The van der Waals surface area contributed by atoms with Crippen LogP contribution in [0.25, 0.3) is 11.3 Å². The third kappa shape index (κ3) is 5.44. The van der Waals surface area contributed by atoms with Gasteiger partial charge in [-0.15, -0.1) is 0 Å². The molecule has 0 aliphatic heterocycles. The van der Waals surface area contributed by atoms with Gasteiger partial charge in [0.05, 0.1) is 17.4 Å². The summed E-state index contributed by atoms with van der Waals surface area (Å²) < 4.78 is 32.4. The number of hydrogen-bond acceptors (Lipinski definition) is 5. The van der Waals surface area contributed by atoms with Crippen LogP contribution in [0.15, 0.2) is 58.0 Å². The van der Waals surface area contributed by atoms with Crippen molar-refractivity contribution in [3.63, 3.8) is 0 Å². The highest BCUT2D eigenvalue weighted by Crippen LogP contribution is 2.29. The van der Waals surface area contributed by atoms with E-state index in [9.17, 15) is 18.4 Å². The van der Waals surface area contributed by atoms with E-state index in [2.05, 4.69) is 10.3 Å². The van der Waals surface area contributed by atoms with Gasteiger partial charge < -0.3 is 14.6 Å². The van der Waals surface area contributed by atoms with Gasteiger partial charge >= 0.3 is 0 Å². The minimum Gasteiger partial charge on any atom is -0.441 e. The molecule has 1 heterocycles. The van der Waals surface area contributed by atoms with E-state index in [-0.39, 0.29) is 41.2 Å². The summed E-state index contributed by atoms with van der Waals surface area (Å²) in [6.07, 6.45) is 1.61. The van der Waals surface area contributed by atoms with Crippen LogP contribution >= 0.6 is 11.8 Å². The Kier molecular flexibility index (Phi) is 6.83. The number of hydrogen-bond donors (Lipinski definition) is 1. The van der Waals surface area contributed by atoms with Crippen LogP contribution in [0.1, 0.15) is 12.3 Å². The molecule has 0 aliphatic rings. The maximum absolute atomic E-state index is 13.9. The van der Waals surface area contributed by atoms with Crippen molar-refractivity contribution in [3.05, 3.63) is 66.2 Å². The van der Waals surface area contributed by atoms with Crippen LogP contribution in [0, 0.1) is 11.6 Å². The maximum Gasteiger partial charge on any atom is 0.286 e. The van der Waals surface area contributed by atoms with Crippen molar-refractivity contribution in [1.29, 1.82) is 0 Å². The van der Waals surface area contributed by atoms with Crippen molar-refractivity contribution >= 4 is 28.6 Å². The molecule has 0 aliphatic carbocycles. The molecule has 0 bridgehead atoms. The van der Waals surface area contributed by atoms with Crippen LogP contribution in [0.3, 0.4) is 0 Å². The summed E-state index contributed by atoms with van der Waals surface area (Å²) in [5.41, 5.74) is 0.625. The lowest BCUT2D eigenvalue weighted by Crippen LogP contribution is -2.17. The van der Waals surface area contributed by atoms with Crippen LogP contribution < -0.4 is 5.32 Å². The van der Waals surface area contributed by atoms with Crippen LogP contribution in [0.4, 0.5) is 19.3 Å². The molecule has 6 nitrogen and oxygen atoms in total. The number of halogens is 2. The average molecular weight is 431 g/mol. The van der Waals surface area contributed by atoms with Gasteiger partial charge in [0, 0.05) is 37.9 Å². The lowest BCUT2D eigenvalue weighted by atomic mass is 10.2. The third-order valence-electron chi connectivity index (χ3n) is 4.04. The number of nitrogens with one attached hydrogen (secondary N) is 1. The molecule has 1 N–H and O–H groups in total. The zero-order chi connectivity index (χ0) is 21.7. The molecule has 0 radical (unpaired) electrons. The molecule has 3 rings (SSSR count). The summed E-state index contributed by atoms with van der Waals surface area (Å²) in [5.74, 6) is -1.30. The number of nitrogens with zero attached hydrogens (tertiary/aromatic N) is 2. The van der Waals surface area contributed by atoms with Gasteiger partial charge in [0.1, 0.15) is 11.6 Å². The molecule has 3 aromatic rings. The molecule has 0 saturated heterocycles. The first kappa shape index (κ1) is 21.5. The van der Waals surface area contributed by atoms with E-state index >= 15 is 0 Å². The average Bonchev–Trinajstić information content (AvgIpc) is 3.16. The number of carbonyl (C=O) groups excluding carboxylic acids is 2. The summed E-state index contributed by atoms with van der Waals surface area (Å²) >= 11 is 1.02. The van der Waals surface area contributed by atoms with Gasteiger partial charge in [0.2, 0.25) is 5.91 Å². The fourth-order valence-electron chi connectivity index (χ4n) is 2.52. The molecular weight excluding hydrogens is 412 g/mol. The molecule has 2 aromatic carbocycles. The summed E-state index contributed by atoms with van der Waals surface area (Å²) in [4.78, 5) is 30.4. The molecule has 1 aromatic heterocycles. The number of oxazole rings is 1. The zero-order valence-electron chi connectivity index (χ0n) is 16.3. The number of rotatable bonds is 6. The molecule has 0 fully saturated rings. The van der Waals surface area contributed by atoms with Gasteiger partial charge in [-0.25, -0.2) is 13.8 Å². The minimum absolute atomic E-state index is 0.0759. The summed E-state index contributed by atoms with van der Waals surface area (Å²) in [6, 6.07) is 10.2. The predicted octanol–water partition coefficient (Wildman–Crippen LogP) is 4.96. The number of amides is 2. The molecule has 30 heavy (non-hydrogen) atoms. The molecule has 0 saturated carbocycles. The Morgan fingerprint density at radius 1 is 1.17 bits per heavy atom. The Hall–Kier alpha value is -3.20. The van der Waals surface area contributed by atoms with Crippen LogP contribution in [-0.2, 0) is 11.2 Å². The smallest absolute Gasteiger partial charge is 0.286 e. The Morgan fingerprint density at radius 2 is 1.93 bits per heavy atom. The van der Waals surface area contributed by atoms with E-state index < -0.39 is 11.6 Å². The molecule has 2 amide bonds. The van der Waals surface area contributed by atoms with Gasteiger partial charge in [-0.1, -0.05) is 12.1 Å². The zero-order valence-corrected chi connectivity index (χ0v) is 17.1. The largest absolute Gasteiger partial charge is 0.441 e. The van der Waals surface area contributed by atoms with Crippen molar-refractivity contribution in [2.75, 3.05) is 19.4 Å². The number of benzene rings is 2. The van der Waals surface area contributed by atoms with E-state index in [0.717, 1.165) is 23.9 Å². The van der Waals surface area contributed by atoms with Crippen molar-refractivity contribution in [2.24, 2.45) is 0 Å². The SMILES string of the molecule is CN(C)C(=O)Sc1ccccc1NC(=O)CCc1ncc(-c2ccc(F)cc2F)o1. The van der Waals surface area contributed by atoms with Gasteiger partial charge in [-0.2, -0.15) is 0 Å². The van der Waals surface area contributed by atoms with Crippen molar-refractivity contribution in [1.82, 2.24) is 9.88 Å². The molecular formula is C21H19F2N3O3S. The summed E-state index contributed by atoms with van der Waals surface area (Å²) in [7, 11) is 3.30. The first-order valence-corrected chi connectivity index (χ1v) is 9.83. The number of aryl methyl sites for hydroxylation is 1. The molecule has 9 heteroatoms. The first-order chi connectivity index (χ1) is 14.3. The number of thioether (sulfide) groups is 1. The van der Waals surface area contributed by atoms with E-state index in [1.54, 1.807) is 38.4 Å². The number of anilines is 1. The number of para-hydroxylation sites is 1. The highest BCUT2D eigenvalue weighted by molar-refractivity contribution is 8.13. The molecule has 0 atom stereocenters. The summed E-state index contributed by atoms with van der Waals surface area (Å²) in [5, 5.41) is 2.62. The normalized spacial score (nSPS) is 10.7. The fourth-order valence-corrected chi connectivity index (χ4v) is 3.26. The maximum atomic E-state index is 13.9. The van der Waals surface area contributed by atoms with Crippen LogP contribution in [0.5, 0.6) is 0 Å². The second kappa shape index (κ2) is 9.53. The topological polar surface area (TPSA) is 75.4 Å². The summed E-state index contributed by atoms with van der Waals surface area (Å²) in [6.45, 7) is 0. The first-order valence-electron chi connectivity index (χ1n) is 9.01. The standard InChI is InChI=1S/C21H19F2N3O3S/c1-26(2)21(28)30-18-6-4-3-5-16(18)25-19(27)9-10-20-24-12-17(29-20)14-8-7-13(22)11-15(14)23/h3-8,11-12H,9-10H2,1-2H3,(H,25,27). The van der Waals surface area contributed by atoms with E-state index in [4.69, 9.17) is 4.42 Å². The molecule has 0 spiro atoms. The van der Waals surface area contributed by atoms with Crippen LogP contribution in [-0.4, -0.2) is 35.1 Å². The van der Waals surface area contributed by atoms with E-state index in [1.165, 1.54) is 17.2 Å². The lowest BCUT2D eigenvalue weighted by molar-refractivity contribution is -0.116. The highest BCUT2D eigenvalue weighted by atomic mass is 32.2. The van der Waals surface area contributed by atoms with Gasteiger partial charge in [-0.3, -0.25) is 9.59 Å². The Labute approximate surface area is 176 Å². The van der Waals surface area contributed by atoms with Crippen molar-refractivity contribution in [3.8, 4) is 11.3 Å². The quantitative estimate of drug-likeness (QED) is 0.558. The van der Waals surface area contributed by atoms with Crippen LogP contribution in [0.2, 0.25) is 0 Å². The van der Waals surface area contributed by atoms with Crippen molar-refractivity contribution < 1.29 is 22.8 Å². The Balaban J connectivity index is 1.61. The monoisotopic (exact) mass is 431 g/mol. The Morgan fingerprint density at radius 3 is 2.67 bits per heavy atom. The second-order valence-corrected chi connectivity index (χ2v) is 7.54. The van der Waals surface area contributed by atoms with Gasteiger partial charge in [-0.05, 0) is 36.0 Å². The van der Waals surface area contributed by atoms with Gasteiger partial charge in [0.25, 0.3) is 5.24 Å².